The van der Waals surface area contributed by atoms with E-state index in [1.165, 1.54) is 0 Å². The Balaban J connectivity index is 1.52. The lowest BCUT2D eigenvalue weighted by Crippen LogP contribution is -2.53. The number of likely N-dealkylation sites (tertiary alicyclic amines) is 1. The maximum atomic E-state index is 12.6. The summed E-state index contributed by atoms with van der Waals surface area (Å²) in [6.45, 7) is 7.24. The SMILES string of the molecule is O=C1CNCCN1CC(=O)N1CCC[C@@H]1CN1CCOCC1. The Hall–Kier alpha value is -1.18. The van der Waals surface area contributed by atoms with Gasteiger partial charge in [0.25, 0.3) is 0 Å². The molecule has 0 bridgehead atoms. The van der Waals surface area contributed by atoms with Crippen LogP contribution in [-0.4, -0.2) is 98.1 Å². The lowest BCUT2D eigenvalue weighted by Gasteiger charge is -2.34. The molecule has 2 amide bonds. The van der Waals surface area contributed by atoms with Gasteiger partial charge in [-0.15, -0.1) is 0 Å². The van der Waals surface area contributed by atoms with Crippen LogP contribution in [-0.2, 0) is 14.3 Å². The van der Waals surface area contributed by atoms with E-state index in [9.17, 15) is 9.59 Å². The van der Waals surface area contributed by atoms with Crippen molar-refractivity contribution in [1.82, 2.24) is 20.0 Å². The number of carbonyl (C=O) groups is 2. The van der Waals surface area contributed by atoms with E-state index >= 15 is 0 Å². The molecule has 0 radical (unpaired) electrons. The standard InChI is InChI=1S/C15H26N4O3/c20-14-10-16-3-5-18(14)12-15(21)19-4-1-2-13(19)11-17-6-8-22-9-7-17/h13,16H,1-12H2/t13-/m1/s1. The van der Waals surface area contributed by atoms with Gasteiger partial charge in [0.05, 0.1) is 26.3 Å². The minimum atomic E-state index is 0.0310. The van der Waals surface area contributed by atoms with Crippen LogP contribution in [0.15, 0.2) is 0 Å². The van der Waals surface area contributed by atoms with Crippen LogP contribution in [0.1, 0.15) is 12.8 Å². The fourth-order valence-corrected chi connectivity index (χ4v) is 3.50. The van der Waals surface area contributed by atoms with Gasteiger partial charge in [-0.3, -0.25) is 14.5 Å². The maximum absolute atomic E-state index is 12.6. The molecule has 0 saturated carbocycles. The summed E-state index contributed by atoms with van der Waals surface area (Å²) in [5, 5.41) is 3.04. The van der Waals surface area contributed by atoms with Crippen molar-refractivity contribution >= 4 is 11.8 Å². The van der Waals surface area contributed by atoms with Crippen LogP contribution in [0.4, 0.5) is 0 Å². The molecule has 0 spiro atoms. The van der Waals surface area contributed by atoms with Gasteiger partial charge in [-0.1, -0.05) is 0 Å². The lowest BCUT2D eigenvalue weighted by atomic mass is 10.2. The molecule has 7 nitrogen and oxygen atoms in total. The summed E-state index contributed by atoms with van der Waals surface area (Å²) in [5.74, 6) is 0.134. The second-order valence-corrected chi connectivity index (χ2v) is 6.29. The van der Waals surface area contributed by atoms with Gasteiger partial charge in [0.1, 0.15) is 0 Å². The molecule has 124 valence electrons. The van der Waals surface area contributed by atoms with E-state index in [-0.39, 0.29) is 18.4 Å². The van der Waals surface area contributed by atoms with Crippen molar-refractivity contribution in [3.63, 3.8) is 0 Å². The van der Waals surface area contributed by atoms with E-state index in [0.717, 1.165) is 58.8 Å². The van der Waals surface area contributed by atoms with E-state index in [4.69, 9.17) is 4.74 Å². The van der Waals surface area contributed by atoms with Crippen molar-refractivity contribution in [2.75, 3.05) is 65.6 Å². The first-order chi connectivity index (χ1) is 10.7. The van der Waals surface area contributed by atoms with E-state index in [1.807, 2.05) is 4.90 Å². The molecule has 3 saturated heterocycles. The molecule has 3 fully saturated rings. The molecule has 1 atom stereocenters. The van der Waals surface area contributed by atoms with Crippen molar-refractivity contribution in [2.45, 2.75) is 18.9 Å². The fraction of sp³-hybridized carbons (Fsp3) is 0.867. The highest BCUT2D eigenvalue weighted by Crippen LogP contribution is 2.19. The van der Waals surface area contributed by atoms with Gasteiger partial charge in [-0.25, -0.2) is 0 Å². The molecule has 3 aliphatic rings. The summed E-state index contributed by atoms with van der Waals surface area (Å²) in [6.07, 6.45) is 2.13. The summed E-state index contributed by atoms with van der Waals surface area (Å²) >= 11 is 0. The summed E-state index contributed by atoms with van der Waals surface area (Å²) in [5.41, 5.74) is 0. The highest BCUT2D eigenvalue weighted by molar-refractivity contribution is 5.86. The van der Waals surface area contributed by atoms with Gasteiger partial charge in [-0.2, -0.15) is 0 Å². The van der Waals surface area contributed by atoms with E-state index in [2.05, 4.69) is 10.2 Å². The highest BCUT2D eigenvalue weighted by Gasteiger charge is 2.32. The quantitative estimate of drug-likeness (QED) is 0.702. The third kappa shape index (κ3) is 3.77. The first-order valence-corrected chi connectivity index (χ1v) is 8.32. The predicted molar refractivity (Wildman–Crippen MR) is 81.4 cm³/mol. The molecule has 3 aliphatic heterocycles. The fourth-order valence-electron chi connectivity index (χ4n) is 3.50. The largest absolute Gasteiger partial charge is 0.379 e. The number of piperazine rings is 1. The normalized spacial score (nSPS) is 27.5. The summed E-state index contributed by atoms with van der Waals surface area (Å²) in [4.78, 5) is 30.5. The topological polar surface area (TPSA) is 65.1 Å². The Morgan fingerprint density at radius 3 is 2.82 bits per heavy atom. The van der Waals surface area contributed by atoms with Crippen LogP contribution in [0.25, 0.3) is 0 Å². The van der Waals surface area contributed by atoms with Gasteiger partial charge in [0.2, 0.25) is 11.8 Å². The number of morpholine rings is 1. The van der Waals surface area contributed by atoms with Crippen molar-refractivity contribution in [3.8, 4) is 0 Å². The first-order valence-electron chi connectivity index (χ1n) is 8.32. The second-order valence-electron chi connectivity index (χ2n) is 6.29. The minimum absolute atomic E-state index is 0.0310. The number of hydrogen-bond donors (Lipinski definition) is 1. The zero-order valence-corrected chi connectivity index (χ0v) is 13.1. The number of hydrogen-bond acceptors (Lipinski definition) is 5. The molecule has 22 heavy (non-hydrogen) atoms. The Morgan fingerprint density at radius 1 is 1.23 bits per heavy atom. The average molecular weight is 310 g/mol. The van der Waals surface area contributed by atoms with Gasteiger partial charge in [-0.05, 0) is 12.8 Å². The van der Waals surface area contributed by atoms with E-state index in [1.54, 1.807) is 4.90 Å². The Labute approximate surface area is 131 Å². The average Bonchev–Trinajstić information content (AvgIpc) is 2.99. The van der Waals surface area contributed by atoms with Gasteiger partial charge in [0, 0.05) is 45.3 Å². The molecule has 0 aromatic carbocycles. The lowest BCUT2D eigenvalue weighted by molar-refractivity contribution is -0.141. The molecule has 0 unspecified atom stereocenters. The number of nitrogens with zero attached hydrogens (tertiary/aromatic N) is 3. The van der Waals surface area contributed by atoms with Crippen LogP contribution < -0.4 is 5.32 Å². The molecule has 0 aliphatic carbocycles. The van der Waals surface area contributed by atoms with Crippen molar-refractivity contribution in [2.24, 2.45) is 0 Å². The van der Waals surface area contributed by atoms with E-state index in [0.29, 0.717) is 19.1 Å². The van der Waals surface area contributed by atoms with Crippen molar-refractivity contribution in [1.29, 1.82) is 0 Å². The van der Waals surface area contributed by atoms with Crippen LogP contribution in [0, 0.1) is 0 Å². The van der Waals surface area contributed by atoms with Gasteiger partial charge in [0.15, 0.2) is 0 Å². The number of carbonyl (C=O) groups excluding carboxylic acids is 2. The monoisotopic (exact) mass is 310 g/mol. The van der Waals surface area contributed by atoms with Crippen molar-refractivity contribution < 1.29 is 14.3 Å². The third-order valence-electron chi connectivity index (χ3n) is 4.78. The number of nitrogens with one attached hydrogen (secondary N) is 1. The molecule has 0 aromatic heterocycles. The summed E-state index contributed by atoms with van der Waals surface area (Å²) in [6, 6.07) is 0.295. The maximum Gasteiger partial charge on any atom is 0.242 e. The predicted octanol–water partition coefficient (Wildman–Crippen LogP) is -1.26. The smallest absolute Gasteiger partial charge is 0.242 e. The second kappa shape index (κ2) is 7.39. The number of amides is 2. The molecule has 0 aromatic rings. The Kier molecular flexibility index (Phi) is 5.28. The highest BCUT2D eigenvalue weighted by atomic mass is 16.5. The van der Waals surface area contributed by atoms with Crippen molar-refractivity contribution in [3.05, 3.63) is 0 Å². The molecule has 3 heterocycles. The zero-order valence-electron chi connectivity index (χ0n) is 13.1. The first kappa shape index (κ1) is 15.7. The molecular weight excluding hydrogens is 284 g/mol. The van der Waals surface area contributed by atoms with E-state index < -0.39 is 0 Å². The van der Waals surface area contributed by atoms with Crippen LogP contribution >= 0.6 is 0 Å². The summed E-state index contributed by atoms with van der Waals surface area (Å²) in [7, 11) is 0. The molecule has 7 heteroatoms. The third-order valence-corrected chi connectivity index (χ3v) is 4.78. The van der Waals surface area contributed by atoms with Gasteiger partial charge >= 0.3 is 0 Å². The zero-order chi connectivity index (χ0) is 15.4. The Bertz CT molecular complexity index is 412. The van der Waals surface area contributed by atoms with Crippen LogP contribution in [0.3, 0.4) is 0 Å². The molecule has 3 rings (SSSR count). The minimum Gasteiger partial charge on any atom is -0.379 e. The molecular formula is C15H26N4O3. The number of rotatable bonds is 4. The summed E-state index contributed by atoms with van der Waals surface area (Å²) < 4.78 is 5.38. The number of ether oxygens (including phenoxy) is 1. The molecule has 1 N–H and O–H groups in total. The van der Waals surface area contributed by atoms with Crippen LogP contribution in [0.5, 0.6) is 0 Å². The Morgan fingerprint density at radius 2 is 2.05 bits per heavy atom. The van der Waals surface area contributed by atoms with Crippen LogP contribution in [0.2, 0.25) is 0 Å². The van der Waals surface area contributed by atoms with Gasteiger partial charge < -0.3 is 19.9 Å².